The minimum Gasteiger partial charge on any atom is -0.0988 e. The van der Waals surface area contributed by atoms with E-state index in [1.165, 1.54) is 22.3 Å². The first-order valence-corrected chi connectivity index (χ1v) is 7.70. The zero-order valence-corrected chi connectivity index (χ0v) is 14.0. The van der Waals surface area contributed by atoms with Gasteiger partial charge in [0, 0.05) is 0 Å². The molecule has 1 unspecified atom stereocenters. The van der Waals surface area contributed by atoms with Gasteiger partial charge in [-0.1, -0.05) is 82.3 Å². The first kappa shape index (κ1) is 18.4. The Bertz CT molecular complexity index is 443. The Morgan fingerprint density at radius 2 is 1.75 bits per heavy atom. The molecule has 0 fully saturated rings. The number of rotatable bonds is 5. The van der Waals surface area contributed by atoms with Gasteiger partial charge < -0.3 is 0 Å². The molecule has 0 aliphatic heterocycles. The zero-order valence-electron chi connectivity index (χ0n) is 14.0. The lowest BCUT2D eigenvalue weighted by Gasteiger charge is -2.15. The maximum Gasteiger partial charge on any atom is -0.0153 e. The molecule has 0 aliphatic rings. The fraction of sp³-hybridized carbons (Fsp3) is 0.400. The summed E-state index contributed by atoms with van der Waals surface area (Å²) in [7, 11) is 0. The molecule has 110 valence electrons. The lowest BCUT2D eigenvalue weighted by atomic mass is 9.89. The molecular weight excluding hydrogens is 240 g/mol. The maximum absolute atomic E-state index is 3.98. The number of aryl methyl sites for hydroxylation is 1. The lowest BCUT2D eigenvalue weighted by molar-refractivity contribution is 0.673. The van der Waals surface area contributed by atoms with Crippen molar-refractivity contribution in [2.45, 2.75) is 48.0 Å². The van der Waals surface area contributed by atoms with Crippen molar-refractivity contribution >= 4 is 5.57 Å². The van der Waals surface area contributed by atoms with E-state index in [1.54, 1.807) is 0 Å². The molecule has 0 saturated carbocycles. The highest BCUT2D eigenvalue weighted by molar-refractivity contribution is 5.78. The fourth-order valence-corrected chi connectivity index (χ4v) is 2.06. The van der Waals surface area contributed by atoms with Gasteiger partial charge in [0.25, 0.3) is 0 Å². The van der Waals surface area contributed by atoms with Gasteiger partial charge in [-0.05, 0) is 42.9 Å². The quantitative estimate of drug-likeness (QED) is 0.530. The van der Waals surface area contributed by atoms with Crippen molar-refractivity contribution in [3.05, 3.63) is 65.8 Å². The van der Waals surface area contributed by atoms with E-state index in [1.807, 2.05) is 19.9 Å². The van der Waals surface area contributed by atoms with Crippen LogP contribution in [-0.4, -0.2) is 0 Å². The van der Waals surface area contributed by atoms with Crippen LogP contribution in [0.15, 0.2) is 54.6 Å². The van der Waals surface area contributed by atoms with Crippen LogP contribution in [0.2, 0.25) is 0 Å². The summed E-state index contributed by atoms with van der Waals surface area (Å²) >= 11 is 0. The monoisotopic (exact) mass is 270 g/mol. The van der Waals surface area contributed by atoms with Crippen LogP contribution in [0.25, 0.3) is 5.57 Å². The first-order chi connectivity index (χ1) is 9.63. The van der Waals surface area contributed by atoms with E-state index in [2.05, 4.69) is 70.7 Å². The molecule has 0 N–H and O–H groups in total. The highest BCUT2D eigenvalue weighted by Crippen LogP contribution is 2.28. The van der Waals surface area contributed by atoms with Crippen LogP contribution >= 0.6 is 0 Å². The highest BCUT2D eigenvalue weighted by Gasteiger charge is 2.09. The smallest absolute Gasteiger partial charge is 0.0153 e. The van der Waals surface area contributed by atoms with Gasteiger partial charge in [0.2, 0.25) is 0 Å². The van der Waals surface area contributed by atoms with E-state index in [0.717, 1.165) is 6.42 Å². The molecule has 0 saturated heterocycles. The van der Waals surface area contributed by atoms with E-state index < -0.39 is 0 Å². The molecular formula is C20H30. The number of hydrogen-bond acceptors (Lipinski definition) is 0. The summed E-state index contributed by atoms with van der Waals surface area (Å²) in [4.78, 5) is 0. The molecule has 0 aliphatic carbocycles. The second-order valence-electron chi connectivity index (χ2n) is 4.75. The van der Waals surface area contributed by atoms with E-state index in [-0.39, 0.29) is 0 Å². The van der Waals surface area contributed by atoms with Gasteiger partial charge in [0.05, 0.1) is 0 Å². The zero-order chi connectivity index (χ0) is 15.5. The molecule has 1 rings (SSSR count). The predicted octanol–water partition coefficient (Wildman–Crippen LogP) is 6.58. The van der Waals surface area contributed by atoms with Gasteiger partial charge in [0.1, 0.15) is 0 Å². The first-order valence-electron chi connectivity index (χ1n) is 7.70. The summed E-state index contributed by atoms with van der Waals surface area (Å²) in [6.45, 7) is 16.6. The van der Waals surface area contributed by atoms with Crippen molar-refractivity contribution in [3.8, 4) is 0 Å². The standard InChI is InChI=1S/C18H24.C2H6/c1-6-9-18(17(8-3)15(5)7-2)16-12-10-14(4)11-13-16;1-2/h6,8-13,15H,3,7H2,1-2,4-5H3;1-2H3/b9-6-,18-17-;. The molecule has 0 aromatic heterocycles. The van der Waals surface area contributed by atoms with Crippen LogP contribution in [0.5, 0.6) is 0 Å². The molecule has 0 spiro atoms. The molecule has 0 amide bonds. The summed E-state index contributed by atoms with van der Waals surface area (Å²) < 4.78 is 0. The lowest BCUT2D eigenvalue weighted by Crippen LogP contribution is -1.99. The van der Waals surface area contributed by atoms with Crippen molar-refractivity contribution in [3.63, 3.8) is 0 Å². The largest absolute Gasteiger partial charge is 0.0988 e. The minimum atomic E-state index is 0.537. The Balaban J connectivity index is 0.00000172. The van der Waals surface area contributed by atoms with Crippen LogP contribution in [0.1, 0.15) is 52.2 Å². The normalized spacial score (nSPS) is 13.3. The molecule has 0 nitrogen and oxygen atoms in total. The van der Waals surface area contributed by atoms with Gasteiger partial charge >= 0.3 is 0 Å². The van der Waals surface area contributed by atoms with Gasteiger partial charge in [0.15, 0.2) is 0 Å². The van der Waals surface area contributed by atoms with Crippen molar-refractivity contribution in [1.29, 1.82) is 0 Å². The summed E-state index contributed by atoms with van der Waals surface area (Å²) in [5.74, 6) is 0.537. The third-order valence-corrected chi connectivity index (χ3v) is 3.37. The third kappa shape index (κ3) is 5.21. The maximum atomic E-state index is 3.98. The average molecular weight is 270 g/mol. The Morgan fingerprint density at radius 1 is 1.20 bits per heavy atom. The molecule has 0 heterocycles. The Kier molecular flexibility index (Phi) is 9.45. The predicted molar refractivity (Wildman–Crippen MR) is 93.9 cm³/mol. The highest BCUT2D eigenvalue weighted by atomic mass is 14.1. The van der Waals surface area contributed by atoms with Crippen molar-refractivity contribution in [2.75, 3.05) is 0 Å². The molecule has 0 heteroatoms. The van der Waals surface area contributed by atoms with E-state index in [9.17, 15) is 0 Å². The van der Waals surface area contributed by atoms with Gasteiger partial charge in [-0.25, -0.2) is 0 Å². The fourth-order valence-electron chi connectivity index (χ4n) is 2.06. The van der Waals surface area contributed by atoms with Crippen LogP contribution in [0, 0.1) is 12.8 Å². The minimum absolute atomic E-state index is 0.537. The van der Waals surface area contributed by atoms with Gasteiger partial charge in [-0.2, -0.15) is 0 Å². The summed E-state index contributed by atoms with van der Waals surface area (Å²) in [6.07, 6.45) is 7.42. The molecule has 20 heavy (non-hydrogen) atoms. The summed E-state index contributed by atoms with van der Waals surface area (Å²) in [5, 5.41) is 0. The van der Waals surface area contributed by atoms with Crippen LogP contribution < -0.4 is 0 Å². The number of hydrogen-bond donors (Lipinski definition) is 0. The molecule has 1 aromatic rings. The second-order valence-corrected chi connectivity index (χ2v) is 4.75. The molecule has 0 bridgehead atoms. The van der Waals surface area contributed by atoms with E-state index >= 15 is 0 Å². The van der Waals surface area contributed by atoms with E-state index in [4.69, 9.17) is 0 Å². The van der Waals surface area contributed by atoms with Crippen molar-refractivity contribution < 1.29 is 0 Å². The molecule has 1 aromatic carbocycles. The van der Waals surface area contributed by atoms with Gasteiger partial charge in [-0.15, -0.1) is 0 Å². The third-order valence-electron chi connectivity index (χ3n) is 3.37. The Morgan fingerprint density at radius 3 is 2.15 bits per heavy atom. The van der Waals surface area contributed by atoms with Crippen molar-refractivity contribution in [2.24, 2.45) is 5.92 Å². The summed E-state index contributed by atoms with van der Waals surface area (Å²) in [6, 6.07) is 8.71. The van der Waals surface area contributed by atoms with Crippen LogP contribution in [-0.2, 0) is 0 Å². The Labute approximate surface area is 125 Å². The van der Waals surface area contributed by atoms with Crippen LogP contribution in [0.3, 0.4) is 0 Å². The van der Waals surface area contributed by atoms with Crippen LogP contribution in [0.4, 0.5) is 0 Å². The SMILES string of the molecule is C=C/C(=C(\C=C/C)c1ccc(C)cc1)C(C)CC.CC. The Hall–Kier alpha value is -1.56. The summed E-state index contributed by atoms with van der Waals surface area (Å²) in [5.41, 5.74) is 5.19. The van der Waals surface area contributed by atoms with E-state index in [0.29, 0.717) is 5.92 Å². The van der Waals surface area contributed by atoms with Crippen molar-refractivity contribution in [1.82, 2.24) is 0 Å². The average Bonchev–Trinajstić information content (AvgIpc) is 2.49. The molecule has 0 radical (unpaired) electrons. The van der Waals surface area contributed by atoms with Gasteiger partial charge in [-0.3, -0.25) is 0 Å². The number of allylic oxidation sites excluding steroid dienone is 5. The topological polar surface area (TPSA) is 0 Å². The number of benzene rings is 1. The second kappa shape index (κ2) is 10.3. The molecule has 1 atom stereocenters.